The number of hydrogen-bond acceptors (Lipinski definition) is 2. The van der Waals surface area contributed by atoms with Crippen molar-refractivity contribution in [2.75, 3.05) is 12.8 Å². The van der Waals surface area contributed by atoms with Gasteiger partial charge in [0.15, 0.2) is 0 Å². The Hall–Kier alpha value is -1.96. The van der Waals surface area contributed by atoms with Gasteiger partial charge in [0.1, 0.15) is 5.75 Å². The molecule has 0 spiro atoms. The highest BCUT2D eigenvalue weighted by Crippen LogP contribution is 2.26. The van der Waals surface area contributed by atoms with Crippen molar-refractivity contribution in [2.24, 2.45) is 0 Å². The van der Waals surface area contributed by atoms with Crippen LogP contribution in [0.15, 0.2) is 48.5 Å². The van der Waals surface area contributed by atoms with Gasteiger partial charge < -0.3 is 10.5 Å². The molecule has 2 heteroatoms. The molecule has 0 unspecified atom stereocenters. The van der Waals surface area contributed by atoms with Crippen molar-refractivity contribution in [3.05, 3.63) is 48.5 Å². The first kappa shape index (κ1) is 9.59. The Balaban J connectivity index is 2.49. The molecule has 0 amide bonds. The zero-order chi connectivity index (χ0) is 10.7. The Morgan fingerprint density at radius 1 is 0.933 bits per heavy atom. The summed E-state index contributed by atoms with van der Waals surface area (Å²) in [6, 6.07) is 15.8. The van der Waals surface area contributed by atoms with Gasteiger partial charge in [-0.3, -0.25) is 0 Å². The second kappa shape index (κ2) is 4.05. The van der Waals surface area contributed by atoms with E-state index in [0.29, 0.717) is 5.69 Å². The van der Waals surface area contributed by atoms with Crippen LogP contribution in [-0.4, -0.2) is 7.11 Å². The molecular weight excluding hydrogens is 186 g/mol. The van der Waals surface area contributed by atoms with Crippen molar-refractivity contribution >= 4 is 5.69 Å². The number of rotatable bonds is 2. The molecule has 0 saturated heterocycles. The molecule has 2 nitrogen and oxygen atoms in total. The molecule has 15 heavy (non-hydrogen) atoms. The minimum Gasteiger partial charge on any atom is -0.497 e. The van der Waals surface area contributed by atoms with Crippen LogP contribution in [0.25, 0.3) is 11.1 Å². The fourth-order valence-electron chi connectivity index (χ4n) is 1.54. The summed E-state index contributed by atoms with van der Waals surface area (Å²) < 4.78 is 5.18. The Morgan fingerprint density at radius 2 is 1.67 bits per heavy atom. The first-order chi connectivity index (χ1) is 7.29. The normalized spacial score (nSPS) is 9.93. The molecule has 0 aliphatic rings. The highest BCUT2D eigenvalue weighted by molar-refractivity contribution is 5.69. The molecule has 0 fully saturated rings. The number of nitrogen functional groups attached to an aromatic ring is 1. The second-order valence-corrected chi connectivity index (χ2v) is 3.36. The molecule has 2 aromatic rings. The lowest BCUT2D eigenvalue weighted by atomic mass is 10.1. The summed E-state index contributed by atoms with van der Waals surface area (Å²) in [4.78, 5) is 0. The number of ether oxygens (including phenoxy) is 1. The predicted molar refractivity (Wildman–Crippen MR) is 62.8 cm³/mol. The Labute approximate surface area is 89.3 Å². The second-order valence-electron chi connectivity index (χ2n) is 3.36. The summed E-state index contributed by atoms with van der Waals surface area (Å²) in [6.07, 6.45) is 0. The zero-order valence-electron chi connectivity index (χ0n) is 8.60. The van der Waals surface area contributed by atoms with Gasteiger partial charge in [-0.25, -0.2) is 0 Å². The minimum atomic E-state index is 0.716. The van der Waals surface area contributed by atoms with Crippen LogP contribution in [0.5, 0.6) is 5.75 Å². The summed E-state index contributed by atoms with van der Waals surface area (Å²) in [5, 5.41) is 0. The molecule has 0 aliphatic heterocycles. The molecule has 0 heterocycles. The van der Waals surface area contributed by atoms with Gasteiger partial charge in [-0.2, -0.15) is 0 Å². The van der Waals surface area contributed by atoms with E-state index in [1.54, 1.807) is 7.11 Å². The van der Waals surface area contributed by atoms with E-state index in [4.69, 9.17) is 10.5 Å². The van der Waals surface area contributed by atoms with Crippen LogP contribution < -0.4 is 10.5 Å². The number of benzene rings is 2. The Kier molecular flexibility index (Phi) is 2.59. The van der Waals surface area contributed by atoms with Gasteiger partial charge in [-0.1, -0.05) is 30.3 Å². The molecule has 2 N–H and O–H groups in total. The van der Waals surface area contributed by atoms with E-state index in [1.807, 2.05) is 48.5 Å². The van der Waals surface area contributed by atoms with Crippen molar-refractivity contribution in [3.63, 3.8) is 0 Å². The largest absolute Gasteiger partial charge is 0.497 e. The third-order valence-corrected chi connectivity index (χ3v) is 2.27. The monoisotopic (exact) mass is 199 g/mol. The summed E-state index contributed by atoms with van der Waals surface area (Å²) in [7, 11) is 1.64. The van der Waals surface area contributed by atoms with Gasteiger partial charge >= 0.3 is 0 Å². The number of methoxy groups -OCH3 is 1. The lowest BCUT2D eigenvalue weighted by Crippen LogP contribution is -1.89. The van der Waals surface area contributed by atoms with E-state index < -0.39 is 0 Å². The summed E-state index contributed by atoms with van der Waals surface area (Å²) in [5.74, 6) is 0.786. The van der Waals surface area contributed by atoms with Crippen LogP contribution in [-0.2, 0) is 0 Å². The van der Waals surface area contributed by atoms with Crippen LogP contribution in [0.2, 0.25) is 0 Å². The first-order valence-electron chi connectivity index (χ1n) is 4.79. The molecule has 0 bridgehead atoms. The van der Waals surface area contributed by atoms with Crippen LogP contribution >= 0.6 is 0 Å². The molecule has 76 valence electrons. The van der Waals surface area contributed by atoms with E-state index in [9.17, 15) is 0 Å². The van der Waals surface area contributed by atoms with Crippen molar-refractivity contribution < 1.29 is 4.74 Å². The van der Waals surface area contributed by atoms with E-state index >= 15 is 0 Å². The van der Waals surface area contributed by atoms with Gasteiger partial charge in [0.2, 0.25) is 0 Å². The summed E-state index contributed by atoms with van der Waals surface area (Å²) >= 11 is 0. The first-order valence-corrected chi connectivity index (χ1v) is 4.79. The smallest absolute Gasteiger partial charge is 0.121 e. The lowest BCUT2D eigenvalue weighted by Gasteiger charge is -2.06. The number of hydrogen-bond donors (Lipinski definition) is 1. The van der Waals surface area contributed by atoms with Gasteiger partial charge in [-0.15, -0.1) is 0 Å². The van der Waals surface area contributed by atoms with Gasteiger partial charge in [0, 0.05) is 11.8 Å². The van der Waals surface area contributed by atoms with Crippen LogP contribution in [0, 0.1) is 0 Å². The molecule has 0 aliphatic carbocycles. The van der Waals surface area contributed by atoms with Crippen LogP contribution in [0.4, 0.5) is 5.69 Å². The average Bonchev–Trinajstić information content (AvgIpc) is 2.29. The van der Waals surface area contributed by atoms with Crippen LogP contribution in [0.1, 0.15) is 0 Å². The van der Waals surface area contributed by atoms with Gasteiger partial charge in [0.05, 0.1) is 7.11 Å². The highest BCUT2D eigenvalue weighted by atomic mass is 16.5. The maximum absolute atomic E-state index is 5.79. The topological polar surface area (TPSA) is 35.2 Å². The van der Waals surface area contributed by atoms with Gasteiger partial charge in [-0.05, 0) is 23.3 Å². The standard InChI is InChI=1S/C13H13NO/c1-15-13-8-11(7-12(14)9-13)10-5-3-2-4-6-10/h2-9H,14H2,1H3. The molecular formula is C13H13NO. The fraction of sp³-hybridized carbons (Fsp3) is 0.0769. The molecule has 0 aromatic heterocycles. The maximum Gasteiger partial charge on any atom is 0.121 e. The summed E-state index contributed by atoms with van der Waals surface area (Å²) in [5.41, 5.74) is 8.73. The van der Waals surface area contributed by atoms with E-state index in [0.717, 1.165) is 16.9 Å². The van der Waals surface area contributed by atoms with Gasteiger partial charge in [0.25, 0.3) is 0 Å². The maximum atomic E-state index is 5.79. The molecule has 0 saturated carbocycles. The number of anilines is 1. The highest BCUT2D eigenvalue weighted by Gasteiger charge is 2.00. The molecule has 2 rings (SSSR count). The quantitative estimate of drug-likeness (QED) is 0.755. The van der Waals surface area contributed by atoms with Crippen molar-refractivity contribution in [1.82, 2.24) is 0 Å². The molecule has 2 aromatic carbocycles. The lowest BCUT2D eigenvalue weighted by molar-refractivity contribution is 0.415. The third-order valence-electron chi connectivity index (χ3n) is 2.27. The van der Waals surface area contributed by atoms with Crippen molar-refractivity contribution in [1.29, 1.82) is 0 Å². The minimum absolute atomic E-state index is 0.716. The van der Waals surface area contributed by atoms with Crippen LogP contribution in [0.3, 0.4) is 0 Å². The van der Waals surface area contributed by atoms with E-state index in [1.165, 1.54) is 0 Å². The zero-order valence-corrected chi connectivity index (χ0v) is 8.60. The molecule has 0 radical (unpaired) electrons. The Morgan fingerprint density at radius 3 is 2.33 bits per heavy atom. The predicted octanol–water partition coefficient (Wildman–Crippen LogP) is 2.94. The third kappa shape index (κ3) is 2.10. The molecule has 0 atom stereocenters. The average molecular weight is 199 g/mol. The summed E-state index contributed by atoms with van der Waals surface area (Å²) in [6.45, 7) is 0. The Bertz CT molecular complexity index is 451. The fourth-order valence-corrected chi connectivity index (χ4v) is 1.54. The number of nitrogens with two attached hydrogens (primary N) is 1. The van der Waals surface area contributed by atoms with E-state index in [-0.39, 0.29) is 0 Å². The van der Waals surface area contributed by atoms with Crippen molar-refractivity contribution in [2.45, 2.75) is 0 Å². The van der Waals surface area contributed by atoms with Crippen molar-refractivity contribution in [3.8, 4) is 16.9 Å². The SMILES string of the molecule is COc1cc(N)cc(-c2ccccc2)c1. The van der Waals surface area contributed by atoms with E-state index in [2.05, 4.69) is 0 Å².